The Labute approximate surface area is 367 Å². The van der Waals surface area contributed by atoms with Crippen molar-refractivity contribution in [2.24, 2.45) is 0 Å². The third kappa shape index (κ3) is 15.0. The van der Waals surface area contributed by atoms with Crippen molar-refractivity contribution >= 4 is 51.3 Å². The van der Waals surface area contributed by atoms with E-state index in [9.17, 15) is 9.59 Å². The van der Waals surface area contributed by atoms with Gasteiger partial charge >= 0.3 is 11.4 Å². The average Bonchev–Trinajstić information content (AvgIpc) is 3.20. The number of nitrogens with one attached hydrogen (secondary N) is 1. The van der Waals surface area contributed by atoms with Crippen LogP contribution in [0.5, 0.6) is 11.5 Å². The molecule has 4 aromatic rings. The summed E-state index contributed by atoms with van der Waals surface area (Å²) >= 11 is 5.44. The Kier molecular flexibility index (Phi) is 18.3. The molecule has 2 aromatic heterocycles. The minimum absolute atomic E-state index is 0. The van der Waals surface area contributed by atoms with E-state index in [4.69, 9.17) is 26.2 Å². The first kappa shape index (κ1) is 50.0. The van der Waals surface area contributed by atoms with E-state index in [0.29, 0.717) is 23.5 Å². The largest absolute Gasteiger partial charge is 0.542 e. The molecule has 2 fully saturated rings. The lowest BCUT2D eigenvalue weighted by Crippen LogP contribution is -2.43. The molecule has 6 rings (SSSR count). The number of pyridine rings is 2. The van der Waals surface area contributed by atoms with E-state index in [0.717, 1.165) is 63.4 Å². The highest BCUT2D eigenvalue weighted by Crippen LogP contribution is 2.38. The van der Waals surface area contributed by atoms with Gasteiger partial charge in [0.05, 0.1) is 12.4 Å². The first-order chi connectivity index (χ1) is 27.6. The number of carbonyl (C=O) groups is 2. The van der Waals surface area contributed by atoms with Crippen molar-refractivity contribution in [1.29, 1.82) is 0 Å². The molecule has 60 heavy (non-hydrogen) atoms. The number of anilines is 2. The molecule has 2 aliphatic heterocycles. The second kappa shape index (κ2) is 21.9. The molecule has 2 aromatic carbocycles. The summed E-state index contributed by atoms with van der Waals surface area (Å²) in [5.74, 6) is 3.78. The van der Waals surface area contributed by atoms with Gasteiger partial charge in [0.15, 0.2) is 0 Å². The van der Waals surface area contributed by atoms with Gasteiger partial charge in [-0.15, -0.1) is 0 Å². The van der Waals surface area contributed by atoms with Gasteiger partial charge in [-0.3, -0.25) is 10.1 Å². The highest BCUT2D eigenvalue weighted by Gasteiger charge is 2.40. The van der Waals surface area contributed by atoms with Crippen LogP contribution in [0, 0.1) is 0 Å². The number of benzene rings is 2. The van der Waals surface area contributed by atoms with E-state index in [1.807, 2.05) is 35.2 Å². The van der Waals surface area contributed by atoms with Gasteiger partial charge in [-0.2, -0.15) is 0 Å². The molecule has 0 unspecified atom stereocenters. The number of hydrogen-bond donors (Lipinski definition) is 2. The maximum Gasteiger partial charge on any atom is 0.323 e. The maximum absolute atomic E-state index is 12.6. The highest BCUT2D eigenvalue weighted by atomic mass is 35.5. The maximum atomic E-state index is 12.6. The van der Waals surface area contributed by atoms with E-state index in [1.165, 1.54) is 11.1 Å². The van der Waals surface area contributed by atoms with Crippen molar-refractivity contribution < 1.29 is 18.4 Å². The predicted molar refractivity (Wildman–Crippen MR) is 256 cm³/mol. The van der Waals surface area contributed by atoms with Gasteiger partial charge in [0.2, 0.25) is 0 Å². The molecule has 10 nitrogen and oxygen atoms in total. The molecular weight excluding hydrogens is 804 g/mol. The van der Waals surface area contributed by atoms with Crippen LogP contribution in [0.4, 0.5) is 21.2 Å². The SMILES string of the molecule is C.CC(C)(C)[Si](C)(C)Oc1ccc(N)nc1.CC(C)(C)[Si](C)(C)Oc1ccc(NC(=O)N2CCC(c3ccccc3)CC2)nc1.O=C(Cl)N1CCC(c2ccccc2)CC1. The van der Waals surface area contributed by atoms with Crippen LogP contribution in [0.3, 0.4) is 0 Å². The van der Waals surface area contributed by atoms with Gasteiger partial charge in [0.25, 0.3) is 16.6 Å². The van der Waals surface area contributed by atoms with Crippen LogP contribution in [0.15, 0.2) is 97.3 Å². The van der Waals surface area contributed by atoms with Gasteiger partial charge in [0, 0.05) is 26.2 Å². The van der Waals surface area contributed by atoms with Crippen molar-refractivity contribution in [1.82, 2.24) is 19.8 Å². The summed E-state index contributed by atoms with van der Waals surface area (Å²) in [6.45, 7) is 25.2. The topological polar surface area (TPSA) is 123 Å². The third-order valence-corrected chi connectivity index (χ3v) is 21.1. The summed E-state index contributed by atoms with van der Waals surface area (Å²) in [4.78, 5) is 35.5. The van der Waals surface area contributed by atoms with Crippen LogP contribution in [0.25, 0.3) is 0 Å². The number of rotatable bonds is 7. The Morgan fingerprint density at radius 2 is 1.05 bits per heavy atom. The number of hydrogen-bond acceptors (Lipinski definition) is 7. The Bertz CT molecular complexity index is 1890. The van der Waals surface area contributed by atoms with Crippen LogP contribution in [0.2, 0.25) is 36.3 Å². The molecule has 0 spiro atoms. The van der Waals surface area contributed by atoms with E-state index in [2.05, 4.69) is 132 Å². The summed E-state index contributed by atoms with van der Waals surface area (Å²) in [5, 5.41) is 2.93. The van der Waals surface area contributed by atoms with Crippen molar-refractivity contribution in [2.45, 2.75) is 123 Å². The second-order valence-corrected chi connectivity index (χ2v) is 28.3. The number of nitrogens with two attached hydrogens (primary N) is 1. The van der Waals surface area contributed by atoms with Gasteiger partial charge in [-0.25, -0.2) is 14.8 Å². The molecule has 2 aliphatic rings. The molecule has 2 saturated heterocycles. The first-order valence-corrected chi connectivity index (χ1v) is 27.0. The number of amides is 3. The zero-order chi connectivity index (χ0) is 43.4. The normalized spacial score (nSPS) is 15.2. The summed E-state index contributed by atoms with van der Waals surface area (Å²) < 4.78 is 12.3. The van der Waals surface area contributed by atoms with E-state index in [-0.39, 0.29) is 28.9 Å². The zero-order valence-corrected chi connectivity index (χ0v) is 39.7. The van der Waals surface area contributed by atoms with Crippen molar-refractivity contribution in [3.8, 4) is 11.5 Å². The minimum Gasteiger partial charge on any atom is -0.542 e. The molecule has 0 atom stereocenters. The van der Waals surface area contributed by atoms with E-state index in [1.54, 1.807) is 23.4 Å². The number of carbonyl (C=O) groups excluding carboxylic acids is 2. The van der Waals surface area contributed by atoms with Crippen molar-refractivity contribution in [3.05, 3.63) is 108 Å². The van der Waals surface area contributed by atoms with Crippen LogP contribution in [0.1, 0.15) is 97.6 Å². The molecular formula is C47H71ClN6O4Si2. The third-order valence-electron chi connectivity index (χ3n) is 12.2. The van der Waals surface area contributed by atoms with Gasteiger partial charge in [-0.1, -0.05) is 110 Å². The molecule has 0 bridgehead atoms. The quantitative estimate of drug-likeness (QED) is 0.108. The first-order valence-electron chi connectivity index (χ1n) is 20.8. The lowest BCUT2D eigenvalue weighted by atomic mass is 9.90. The fourth-order valence-electron chi connectivity index (χ4n) is 6.31. The Morgan fingerprint density at radius 3 is 1.40 bits per heavy atom. The lowest BCUT2D eigenvalue weighted by Gasteiger charge is -2.36. The fourth-order valence-corrected chi connectivity index (χ4v) is 8.51. The Balaban J connectivity index is 0.000000262. The molecule has 13 heteroatoms. The summed E-state index contributed by atoms with van der Waals surface area (Å²) in [7, 11) is -3.64. The van der Waals surface area contributed by atoms with Gasteiger partial charge in [-0.05, 0) is 121 Å². The molecule has 0 aliphatic carbocycles. The van der Waals surface area contributed by atoms with Crippen LogP contribution in [-0.2, 0) is 0 Å². The number of urea groups is 1. The average molecular weight is 876 g/mol. The Hall–Kier alpha value is -4.40. The van der Waals surface area contributed by atoms with Crippen LogP contribution in [-0.4, -0.2) is 74.0 Å². The standard InChI is InChI=1S/C23H33N3O2Si.C12H14ClNO.C11H20N2OSi.CH4/c1-23(2,3)29(4,5)28-20-11-12-21(24-17-20)25-22(27)26-15-13-19(14-16-26)18-9-7-6-8-10-18;13-12(15)14-8-6-11(7-9-14)10-4-2-1-3-5-10;1-11(2,3)15(4,5)14-9-6-7-10(12)13-8-9;/h6-12,17,19H,13-16H2,1-5H3,(H,24,25,27);1-5,11H,6-9H2;6-8H,1-5H3,(H2,12,13);1H4. The molecule has 3 amide bonds. The predicted octanol–water partition coefficient (Wildman–Crippen LogP) is 12.8. The number of likely N-dealkylation sites (tertiary alicyclic amines) is 2. The second-order valence-electron chi connectivity index (χ2n) is 18.5. The fraction of sp³-hybridized carbons (Fsp3) is 0.489. The monoisotopic (exact) mass is 874 g/mol. The van der Waals surface area contributed by atoms with E-state index >= 15 is 0 Å². The van der Waals surface area contributed by atoms with Crippen molar-refractivity contribution in [3.63, 3.8) is 0 Å². The van der Waals surface area contributed by atoms with E-state index < -0.39 is 16.6 Å². The number of aromatic nitrogens is 2. The Morgan fingerprint density at radius 1 is 0.650 bits per heavy atom. The number of piperidine rings is 2. The highest BCUT2D eigenvalue weighted by molar-refractivity contribution is 6.75. The van der Waals surface area contributed by atoms with Crippen LogP contribution >= 0.6 is 11.6 Å². The molecule has 4 heterocycles. The molecule has 0 radical (unpaired) electrons. The summed E-state index contributed by atoms with van der Waals surface area (Å²) in [6.07, 6.45) is 7.41. The number of nitrogen functional groups attached to an aromatic ring is 1. The minimum atomic E-state index is -1.89. The summed E-state index contributed by atoms with van der Waals surface area (Å²) in [5.41, 5.74) is 8.26. The van der Waals surface area contributed by atoms with Gasteiger partial charge in [0.1, 0.15) is 23.1 Å². The molecule has 328 valence electrons. The zero-order valence-electron chi connectivity index (χ0n) is 36.9. The summed E-state index contributed by atoms with van der Waals surface area (Å²) in [6, 6.07) is 28.3. The molecule has 0 saturated carbocycles. The van der Waals surface area contributed by atoms with Crippen molar-refractivity contribution in [2.75, 3.05) is 37.2 Å². The smallest absolute Gasteiger partial charge is 0.323 e. The molecule has 3 N–H and O–H groups in total. The van der Waals surface area contributed by atoms with Gasteiger partial charge < -0.3 is 24.4 Å². The number of halogens is 1. The lowest BCUT2D eigenvalue weighted by molar-refractivity contribution is 0.194. The number of nitrogens with zero attached hydrogens (tertiary/aromatic N) is 4. The van der Waals surface area contributed by atoms with Crippen LogP contribution < -0.4 is 19.9 Å².